The van der Waals surface area contributed by atoms with Crippen molar-refractivity contribution < 1.29 is 4.74 Å². The molecule has 4 nitrogen and oxygen atoms in total. The average molecular weight is 315 g/mol. The van der Waals surface area contributed by atoms with Crippen LogP contribution in [0.15, 0.2) is 72.9 Å². The summed E-state index contributed by atoms with van der Waals surface area (Å²) in [5.74, 6) is 0.737. The van der Waals surface area contributed by atoms with Crippen LogP contribution in [-0.2, 0) is 0 Å². The Bertz CT molecular complexity index is 1010. The van der Waals surface area contributed by atoms with Crippen LogP contribution in [0.3, 0.4) is 0 Å². The Balaban J connectivity index is 1.94. The molecule has 0 amide bonds. The number of nitrogens with two attached hydrogens (primary N) is 1. The molecule has 0 bridgehead atoms. The van der Waals surface area contributed by atoms with Gasteiger partial charge in [-0.1, -0.05) is 42.5 Å². The van der Waals surface area contributed by atoms with Gasteiger partial charge in [-0.25, -0.2) is 4.98 Å². The highest BCUT2D eigenvalue weighted by molar-refractivity contribution is 5.74. The van der Waals surface area contributed by atoms with Crippen LogP contribution in [-0.4, -0.2) is 16.5 Å². The molecule has 0 saturated heterocycles. The van der Waals surface area contributed by atoms with Gasteiger partial charge in [0.1, 0.15) is 5.65 Å². The molecule has 0 aliphatic rings. The van der Waals surface area contributed by atoms with Crippen molar-refractivity contribution in [2.75, 3.05) is 12.8 Å². The van der Waals surface area contributed by atoms with Crippen LogP contribution in [0.2, 0.25) is 0 Å². The fourth-order valence-corrected chi connectivity index (χ4v) is 2.93. The molecule has 4 heteroatoms. The molecule has 4 rings (SSSR count). The van der Waals surface area contributed by atoms with E-state index in [4.69, 9.17) is 10.5 Å². The first kappa shape index (κ1) is 14.3. The van der Waals surface area contributed by atoms with Crippen LogP contribution < -0.4 is 10.5 Å². The lowest BCUT2D eigenvalue weighted by atomic mass is 10.1. The number of imidazole rings is 1. The van der Waals surface area contributed by atoms with Gasteiger partial charge in [0.05, 0.1) is 19.0 Å². The number of fused-ring (bicyclic) bond motifs is 1. The highest BCUT2D eigenvalue weighted by atomic mass is 16.5. The van der Waals surface area contributed by atoms with Crippen molar-refractivity contribution in [3.63, 3.8) is 0 Å². The number of ether oxygens (including phenoxy) is 1. The quantitative estimate of drug-likeness (QED) is 0.575. The van der Waals surface area contributed by atoms with Crippen LogP contribution in [0.4, 0.5) is 5.69 Å². The number of methoxy groups -OCH3 is 1. The second-order valence-corrected chi connectivity index (χ2v) is 5.61. The Hall–Kier alpha value is -3.27. The van der Waals surface area contributed by atoms with Gasteiger partial charge in [-0.3, -0.25) is 4.40 Å². The summed E-state index contributed by atoms with van der Waals surface area (Å²) in [6.45, 7) is 0. The molecule has 24 heavy (non-hydrogen) atoms. The molecule has 118 valence electrons. The van der Waals surface area contributed by atoms with E-state index in [1.165, 1.54) is 0 Å². The second kappa shape index (κ2) is 5.74. The van der Waals surface area contributed by atoms with E-state index in [0.29, 0.717) is 0 Å². The van der Waals surface area contributed by atoms with E-state index in [2.05, 4.69) is 23.2 Å². The maximum atomic E-state index is 5.92. The lowest BCUT2D eigenvalue weighted by Gasteiger charge is -2.11. The normalized spacial score (nSPS) is 10.9. The van der Waals surface area contributed by atoms with E-state index in [9.17, 15) is 0 Å². The van der Waals surface area contributed by atoms with Crippen molar-refractivity contribution in [1.82, 2.24) is 9.38 Å². The molecule has 2 N–H and O–H groups in total. The number of aromatic nitrogens is 2. The minimum absolute atomic E-state index is 0.724. The first-order valence-corrected chi connectivity index (χ1v) is 7.73. The lowest BCUT2D eigenvalue weighted by Crippen LogP contribution is -1.97. The maximum absolute atomic E-state index is 5.92. The van der Waals surface area contributed by atoms with Crippen molar-refractivity contribution in [1.29, 1.82) is 0 Å². The zero-order chi connectivity index (χ0) is 16.5. The summed E-state index contributed by atoms with van der Waals surface area (Å²) in [5, 5.41) is 0. The minimum Gasteiger partial charge on any atom is -0.482 e. The summed E-state index contributed by atoms with van der Waals surface area (Å²) in [6, 6.07) is 22.1. The number of rotatable bonds is 3. The first-order chi connectivity index (χ1) is 11.8. The molecule has 0 unspecified atom stereocenters. The van der Waals surface area contributed by atoms with Gasteiger partial charge >= 0.3 is 0 Å². The molecule has 0 fully saturated rings. The molecule has 2 aromatic heterocycles. The molecule has 4 aromatic rings. The number of hydrogen-bond donors (Lipinski definition) is 1. The monoisotopic (exact) mass is 315 g/mol. The second-order valence-electron chi connectivity index (χ2n) is 5.61. The summed E-state index contributed by atoms with van der Waals surface area (Å²) >= 11 is 0. The summed E-state index contributed by atoms with van der Waals surface area (Å²) in [7, 11) is 1.67. The van der Waals surface area contributed by atoms with Gasteiger partial charge in [-0.05, 0) is 29.3 Å². The predicted molar refractivity (Wildman–Crippen MR) is 97.0 cm³/mol. The molecule has 0 saturated carbocycles. The third-order valence-electron chi connectivity index (χ3n) is 4.07. The van der Waals surface area contributed by atoms with Crippen molar-refractivity contribution in [2.24, 2.45) is 0 Å². The maximum Gasteiger partial charge on any atom is 0.200 e. The lowest BCUT2D eigenvalue weighted by molar-refractivity contribution is 0.393. The predicted octanol–water partition coefficient (Wildman–Crippen LogP) is 4.26. The Morgan fingerprint density at radius 3 is 2.42 bits per heavy atom. The molecule has 0 radical (unpaired) electrons. The topological polar surface area (TPSA) is 52.5 Å². The number of anilines is 1. The summed E-state index contributed by atoms with van der Waals surface area (Å²) in [4.78, 5) is 4.56. The minimum atomic E-state index is 0.724. The fourth-order valence-electron chi connectivity index (χ4n) is 2.93. The smallest absolute Gasteiger partial charge is 0.200 e. The number of nitrogens with zero attached hydrogens (tertiary/aromatic N) is 2. The zero-order valence-corrected chi connectivity index (χ0v) is 13.3. The van der Waals surface area contributed by atoms with E-state index >= 15 is 0 Å². The molecular formula is C20H17N3O. The number of pyridine rings is 1. The van der Waals surface area contributed by atoms with Crippen LogP contribution in [0.1, 0.15) is 0 Å². The van der Waals surface area contributed by atoms with Gasteiger partial charge in [0.25, 0.3) is 0 Å². The summed E-state index contributed by atoms with van der Waals surface area (Å²) in [5.41, 5.74) is 11.6. The first-order valence-electron chi connectivity index (χ1n) is 7.73. The van der Waals surface area contributed by atoms with Crippen molar-refractivity contribution in [3.8, 4) is 28.3 Å². The van der Waals surface area contributed by atoms with Crippen molar-refractivity contribution >= 4 is 11.3 Å². The Morgan fingerprint density at radius 1 is 0.875 bits per heavy atom. The molecule has 0 aliphatic heterocycles. The standard InChI is InChI=1S/C20H17N3O/c1-24-20-12-16(14-6-3-2-4-7-14)11-19-22-13-18(23(19)20)15-8-5-9-17(21)10-15/h2-13H,21H2,1H3. The highest BCUT2D eigenvalue weighted by Crippen LogP contribution is 2.31. The van der Waals surface area contributed by atoms with E-state index in [-0.39, 0.29) is 0 Å². The van der Waals surface area contributed by atoms with Crippen LogP contribution in [0.25, 0.3) is 28.0 Å². The zero-order valence-electron chi connectivity index (χ0n) is 13.3. The van der Waals surface area contributed by atoms with Crippen LogP contribution in [0.5, 0.6) is 5.88 Å². The summed E-state index contributed by atoms with van der Waals surface area (Å²) < 4.78 is 7.63. The molecule has 0 atom stereocenters. The van der Waals surface area contributed by atoms with Gasteiger partial charge in [-0.15, -0.1) is 0 Å². The van der Waals surface area contributed by atoms with Gasteiger partial charge in [0.15, 0.2) is 5.88 Å². The SMILES string of the molecule is COc1cc(-c2ccccc2)cc2ncc(-c3cccc(N)c3)n12. The van der Waals surface area contributed by atoms with Crippen molar-refractivity contribution in [2.45, 2.75) is 0 Å². The molecule has 0 aliphatic carbocycles. The number of benzene rings is 2. The molecule has 2 aromatic carbocycles. The van der Waals surface area contributed by atoms with Gasteiger partial charge < -0.3 is 10.5 Å². The Labute approximate surface area is 140 Å². The van der Waals surface area contributed by atoms with Crippen LogP contribution >= 0.6 is 0 Å². The highest BCUT2D eigenvalue weighted by Gasteiger charge is 2.13. The van der Waals surface area contributed by atoms with Gasteiger partial charge in [-0.2, -0.15) is 0 Å². The Morgan fingerprint density at radius 2 is 1.67 bits per heavy atom. The number of hydrogen-bond acceptors (Lipinski definition) is 3. The van der Waals surface area contributed by atoms with Crippen LogP contribution in [0, 0.1) is 0 Å². The van der Waals surface area contributed by atoms with E-state index in [1.807, 2.05) is 59.1 Å². The van der Waals surface area contributed by atoms with E-state index in [1.54, 1.807) is 7.11 Å². The van der Waals surface area contributed by atoms with Gasteiger partial charge in [0, 0.05) is 17.3 Å². The fraction of sp³-hybridized carbons (Fsp3) is 0.0500. The molecular weight excluding hydrogens is 298 g/mol. The van der Waals surface area contributed by atoms with E-state index < -0.39 is 0 Å². The molecule has 0 spiro atoms. The number of nitrogen functional groups attached to an aromatic ring is 1. The van der Waals surface area contributed by atoms with E-state index in [0.717, 1.165) is 39.6 Å². The third-order valence-corrected chi connectivity index (χ3v) is 4.07. The van der Waals surface area contributed by atoms with Gasteiger partial charge in [0.2, 0.25) is 0 Å². The summed E-state index contributed by atoms with van der Waals surface area (Å²) in [6.07, 6.45) is 1.85. The molecule has 2 heterocycles. The van der Waals surface area contributed by atoms with Crippen molar-refractivity contribution in [3.05, 3.63) is 72.9 Å². The largest absolute Gasteiger partial charge is 0.482 e. The average Bonchev–Trinajstić information content (AvgIpc) is 3.06. The Kier molecular flexibility index (Phi) is 3.43. The third kappa shape index (κ3) is 2.38.